The summed E-state index contributed by atoms with van der Waals surface area (Å²) in [6.07, 6.45) is 0. The Morgan fingerprint density at radius 2 is 1.70 bits per heavy atom. The normalized spacial score (nSPS) is 11.0. The van der Waals surface area contributed by atoms with Gasteiger partial charge in [0, 0.05) is 6.07 Å². The summed E-state index contributed by atoms with van der Waals surface area (Å²) in [5.74, 6) is 1.79. The van der Waals surface area contributed by atoms with Gasteiger partial charge in [-0.1, -0.05) is 50.6 Å². The number of hydrogen-bond donors (Lipinski definition) is 0. The van der Waals surface area contributed by atoms with Gasteiger partial charge in [-0.2, -0.15) is 5.26 Å². The van der Waals surface area contributed by atoms with Crippen molar-refractivity contribution in [1.82, 2.24) is 0 Å². The number of para-hydroxylation sites is 1. The van der Waals surface area contributed by atoms with Crippen molar-refractivity contribution in [2.75, 3.05) is 19.8 Å². The van der Waals surface area contributed by atoms with Crippen LogP contribution in [0.2, 0.25) is 5.02 Å². The molecule has 27 heavy (non-hydrogen) atoms. The average molecular weight is 388 g/mol. The molecular formula is C22H26ClNO3. The van der Waals surface area contributed by atoms with Crippen molar-refractivity contribution in [3.8, 4) is 23.3 Å². The van der Waals surface area contributed by atoms with Crippen LogP contribution in [0.15, 0.2) is 30.3 Å². The van der Waals surface area contributed by atoms with Crippen LogP contribution in [-0.2, 0) is 5.41 Å². The van der Waals surface area contributed by atoms with E-state index in [1.165, 1.54) is 0 Å². The smallest absolute Gasteiger partial charge is 0.179 e. The molecule has 0 spiro atoms. The summed E-state index contributed by atoms with van der Waals surface area (Å²) in [7, 11) is 0. The minimum absolute atomic E-state index is 0.0131. The maximum absolute atomic E-state index is 9.08. The van der Waals surface area contributed by atoms with Gasteiger partial charge < -0.3 is 14.2 Å². The second-order valence-corrected chi connectivity index (χ2v) is 7.64. The Balaban J connectivity index is 2.10. The number of ether oxygens (including phenoxy) is 3. The van der Waals surface area contributed by atoms with Crippen molar-refractivity contribution in [3.05, 3.63) is 52.0 Å². The molecular weight excluding hydrogens is 362 g/mol. The van der Waals surface area contributed by atoms with E-state index >= 15 is 0 Å². The van der Waals surface area contributed by atoms with Crippen molar-refractivity contribution in [2.24, 2.45) is 0 Å². The SMILES string of the molecule is CCOc1cc(C#N)cc(Cl)c1OCCOc1c(C)cccc1C(C)(C)C. The van der Waals surface area contributed by atoms with Crippen LogP contribution in [0.25, 0.3) is 0 Å². The zero-order valence-corrected chi connectivity index (χ0v) is 17.3. The van der Waals surface area contributed by atoms with Crippen molar-refractivity contribution in [1.29, 1.82) is 5.26 Å². The molecule has 2 aromatic carbocycles. The molecule has 0 aliphatic heterocycles. The fraction of sp³-hybridized carbons (Fsp3) is 0.409. The second kappa shape index (κ2) is 9.01. The topological polar surface area (TPSA) is 51.5 Å². The van der Waals surface area contributed by atoms with Gasteiger partial charge in [-0.3, -0.25) is 0 Å². The molecule has 0 N–H and O–H groups in total. The predicted molar refractivity (Wildman–Crippen MR) is 108 cm³/mol. The number of benzene rings is 2. The zero-order chi connectivity index (χ0) is 20.0. The van der Waals surface area contributed by atoms with Crippen LogP contribution in [0.5, 0.6) is 17.2 Å². The molecule has 0 saturated carbocycles. The van der Waals surface area contributed by atoms with Gasteiger partial charge in [-0.15, -0.1) is 0 Å². The van der Waals surface area contributed by atoms with E-state index in [0.29, 0.717) is 41.9 Å². The Labute approximate surface area is 166 Å². The molecule has 0 atom stereocenters. The van der Waals surface area contributed by atoms with E-state index in [0.717, 1.165) is 16.9 Å². The first-order valence-electron chi connectivity index (χ1n) is 9.00. The molecule has 0 aliphatic carbocycles. The number of aryl methyl sites for hydroxylation is 1. The van der Waals surface area contributed by atoms with E-state index in [1.54, 1.807) is 12.1 Å². The quantitative estimate of drug-likeness (QED) is 0.574. The highest BCUT2D eigenvalue weighted by Gasteiger charge is 2.20. The van der Waals surface area contributed by atoms with Crippen LogP contribution in [0.4, 0.5) is 0 Å². The van der Waals surface area contributed by atoms with Crippen LogP contribution in [0.1, 0.15) is 44.4 Å². The summed E-state index contributed by atoms with van der Waals surface area (Å²) in [5.41, 5.74) is 2.67. The molecule has 0 unspecified atom stereocenters. The Kier molecular flexibility index (Phi) is 6.98. The monoisotopic (exact) mass is 387 g/mol. The summed E-state index contributed by atoms with van der Waals surface area (Å²) in [4.78, 5) is 0. The highest BCUT2D eigenvalue weighted by Crippen LogP contribution is 2.37. The van der Waals surface area contributed by atoms with Crippen molar-refractivity contribution < 1.29 is 14.2 Å². The van der Waals surface area contributed by atoms with Crippen molar-refractivity contribution in [2.45, 2.75) is 40.0 Å². The molecule has 0 amide bonds. The Morgan fingerprint density at radius 1 is 1.04 bits per heavy atom. The van der Waals surface area contributed by atoms with E-state index < -0.39 is 0 Å². The molecule has 2 aromatic rings. The first-order chi connectivity index (χ1) is 12.8. The molecule has 0 bridgehead atoms. The summed E-state index contributed by atoms with van der Waals surface area (Å²) < 4.78 is 17.4. The number of nitrogens with zero attached hydrogens (tertiary/aromatic N) is 1. The lowest BCUT2D eigenvalue weighted by atomic mass is 9.85. The molecule has 0 saturated heterocycles. The van der Waals surface area contributed by atoms with Crippen LogP contribution in [0.3, 0.4) is 0 Å². The molecule has 144 valence electrons. The van der Waals surface area contributed by atoms with Crippen LogP contribution < -0.4 is 14.2 Å². The average Bonchev–Trinajstić information content (AvgIpc) is 2.60. The van der Waals surface area contributed by atoms with Gasteiger partial charge in [0.1, 0.15) is 19.0 Å². The van der Waals surface area contributed by atoms with Crippen LogP contribution >= 0.6 is 11.6 Å². The number of nitriles is 1. The van der Waals surface area contributed by atoms with Gasteiger partial charge in [0.05, 0.1) is 23.3 Å². The molecule has 0 radical (unpaired) electrons. The molecule has 0 fully saturated rings. The largest absolute Gasteiger partial charge is 0.490 e. The highest BCUT2D eigenvalue weighted by atomic mass is 35.5. The Hall–Kier alpha value is -2.38. The molecule has 0 aliphatic rings. The maximum atomic E-state index is 9.08. The van der Waals surface area contributed by atoms with Crippen molar-refractivity contribution >= 4 is 11.6 Å². The third kappa shape index (κ3) is 5.30. The summed E-state index contributed by atoms with van der Waals surface area (Å²) in [5, 5.41) is 9.43. The third-order valence-corrected chi connectivity index (χ3v) is 4.32. The fourth-order valence-electron chi connectivity index (χ4n) is 2.76. The van der Waals surface area contributed by atoms with Gasteiger partial charge in [-0.25, -0.2) is 0 Å². The summed E-state index contributed by atoms with van der Waals surface area (Å²) >= 11 is 6.26. The standard InChI is InChI=1S/C22H26ClNO3/c1-6-25-19-13-16(14-24)12-18(23)21(19)27-11-10-26-20-15(2)8-7-9-17(20)22(3,4)5/h7-9,12-13H,6,10-11H2,1-5H3. The number of hydrogen-bond acceptors (Lipinski definition) is 4. The lowest BCUT2D eigenvalue weighted by Crippen LogP contribution is -2.17. The van der Waals surface area contributed by atoms with Crippen molar-refractivity contribution in [3.63, 3.8) is 0 Å². The lowest BCUT2D eigenvalue weighted by Gasteiger charge is -2.24. The third-order valence-electron chi connectivity index (χ3n) is 4.03. The van der Waals surface area contributed by atoms with Gasteiger partial charge in [-0.05, 0) is 36.5 Å². The van der Waals surface area contributed by atoms with Gasteiger partial charge >= 0.3 is 0 Å². The van der Waals surface area contributed by atoms with E-state index in [2.05, 4.69) is 32.9 Å². The molecule has 4 nitrogen and oxygen atoms in total. The van der Waals surface area contributed by atoms with Crippen LogP contribution in [-0.4, -0.2) is 19.8 Å². The molecule has 2 rings (SSSR count). The van der Waals surface area contributed by atoms with E-state index in [4.69, 9.17) is 31.1 Å². The predicted octanol–water partition coefficient (Wildman–Crippen LogP) is 5.67. The van der Waals surface area contributed by atoms with Gasteiger partial charge in [0.25, 0.3) is 0 Å². The Bertz CT molecular complexity index is 835. The van der Waals surface area contributed by atoms with E-state index in [1.807, 2.05) is 26.0 Å². The minimum Gasteiger partial charge on any atom is -0.490 e. The number of rotatable bonds is 7. The van der Waals surface area contributed by atoms with E-state index in [-0.39, 0.29) is 5.41 Å². The first-order valence-corrected chi connectivity index (χ1v) is 9.37. The minimum atomic E-state index is -0.0131. The highest BCUT2D eigenvalue weighted by molar-refractivity contribution is 6.32. The summed E-state index contributed by atoms with van der Waals surface area (Å²) in [6, 6.07) is 11.4. The molecule has 5 heteroatoms. The van der Waals surface area contributed by atoms with Gasteiger partial charge in [0.2, 0.25) is 0 Å². The molecule has 0 heterocycles. The maximum Gasteiger partial charge on any atom is 0.179 e. The first kappa shape index (κ1) is 20.9. The zero-order valence-electron chi connectivity index (χ0n) is 16.6. The fourth-order valence-corrected chi connectivity index (χ4v) is 3.02. The Morgan fingerprint density at radius 3 is 2.30 bits per heavy atom. The second-order valence-electron chi connectivity index (χ2n) is 7.23. The number of halogens is 1. The van der Waals surface area contributed by atoms with Crippen LogP contribution in [0, 0.1) is 18.3 Å². The summed E-state index contributed by atoms with van der Waals surface area (Å²) in [6.45, 7) is 11.5. The van der Waals surface area contributed by atoms with Gasteiger partial charge in [0.15, 0.2) is 11.5 Å². The molecule has 0 aromatic heterocycles. The lowest BCUT2D eigenvalue weighted by molar-refractivity contribution is 0.205. The van der Waals surface area contributed by atoms with E-state index in [9.17, 15) is 0 Å².